The van der Waals surface area contributed by atoms with Gasteiger partial charge in [0.2, 0.25) is 5.78 Å². The van der Waals surface area contributed by atoms with Crippen LogP contribution in [-0.2, 0) is 0 Å². The largest absolute Gasteiger partial charge is 0.287 e. The first-order chi connectivity index (χ1) is 8.36. The zero-order valence-corrected chi connectivity index (χ0v) is 9.52. The number of rotatable bonds is 2. The standard InChI is InChI=1S/C12H7N3OS/c16-12(10-7-14-15-17-10)9-5-1-3-8-4-2-6-13-11(8)9/h1-7H. The highest BCUT2D eigenvalue weighted by Gasteiger charge is 2.14. The van der Waals surface area contributed by atoms with Gasteiger partial charge in [-0.25, -0.2) is 0 Å². The van der Waals surface area contributed by atoms with Crippen LogP contribution in [0.3, 0.4) is 0 Å². The van der Waals surface area contributed by atoms with Crippen LogP contribution in [0.4, 0.5) is 0 Å². The Morgan fingerprint density at radius 3 is 2.88 bits per heavy atom. The van der Waals surface area contributed by atoms with E-state index in [9.17, 15) is 4.79 Å². The Balaban J connectivity index is 2.21. The summed E-state index contributed by atoms with van der Waals surface area (Å²) in [5.74, 6) is -0.0794. The summed E-state index contributed by atoms with van der Waals surface area (Å²) in [6, 6.07) is 9.35. The molecule has 5 heteroatoms. The Hall–Kier alpha value is -2.14. The van der Waals surface area contributed by atoms with Gasteiger partial charge in [-0.1, -0.05) is 22.7 Å². The molecule has 3 rings (SSSR count). The number of carbonyl (C=O) groups is 1. The molecule has 0 N–H and O–H groups in total. The molecule has 0 aliphatic heterocycles. The molecule has 3 aromatic rings. The number of benzene rings is 1. The van der Waals surface area contributed by atoms with Crippen molar-refractivity contribution in [1.29, 1.82) is 0 Å². The number of fused-ring (bicyclic) bond motifs is 1. The number of aromatic nitrogens is 3. The predicted octanol–water partition coefficient (Wildman–Crippen LogP) is 2.32. The number of nitrogens with zero attached hydrogens (tertiary/aromatic N) is 3. The van der Waals surface area contributed by atoms with Crippen molar-refractivity contribution in [2.75, 3.05) is 0 Å². The van der Waals surface area contributed by atoms with E-state index in [1.54, 1.807) is 12.3 Å². The average molecular weight is 241 g/mol. The van der Waals surface area contributed by atoms with Crippen LogP contribution in [0.2, 0.25) is 0 Å². The van der Waals surface area contributed by atoms with Crippen LogP contribution in [0.25, 0.3) is 10.9 Å². The Morgan fingerprint density at radius 1 is 1.18 bits per heavy atom. The lowest BCUT2D eigenvalue weighted by Gasteiger charge is -2.02. The van der Waals surface area contributed by atoms with E-state index in [1.807, 2.05) is 24.3 Å². The van der Waals surface area contributed by atoms with Crippen LogP contribution < -0.4 is 0 Å². The molecule has 1 aromatic carbocycles. The Kier molecular flexibility index (Phi) is 2.38. The molecule has 0 fully saturated rings. The molecule has 4 nitrogen and oxygen atoms in total. The van der Waals surface area contributed by atoms with E-state index in [-0.39, 0.29) is 5.78 Å². The molecular formula is C12H7N3OS. The first kappa shape index (κ1) is 10.0. The molecule has 0 aliphatic rings. The molecule has 0 spiro atoms. The van der Waals surface area contributed by atoms with Gasteiger partial charge in [-0.2, -0.15) is 0 Å². The lowest BCUT2D eigenvalue weighted by atomic mass is 10.1. The monoisotopic (exact) mass is 241 g/mol. The number of para-hydroxylation sites is 1. The molecule has 0 unspecified atom stereocenters. The van der Waals surface area contributed by atoms with Gasteiger partial charge in [0.25, 0.3) is 0 Å². The first-order valence-corrected chi connectivity index (χ1v) is 5.79. The average Bonchev–Trinajstić information content (AvgIpc) is 2.91. The summed E-state index contributed by atoms with van der Waals surface area (Å²) in [6.45, 7) is 0. The maximum Gasteiger partial charge on any atom is 0.208 e. The minimum atomic E-state index is -0.0794. The van der Waals surface area contributed by atoms with Crippen molar-refractivity contribution in [2.24, 2.45) is 0 Å². The predicted molar refractivity (Wildman–Crippen MR) is 65.1 cm³/mol. The second kappa shape index (κ2) is 4.03. The normalized spacial score (nSPS) is 10.6. The lowest BCUT2D eigenvalue weighted by molar-refractivity contribution is 0.104. The number of hydrogen-bond acceptors (Lipinski definition) is 5. The third kappa shape index (κ3) is 1.70. The van der Waals surface area contributed by atoms with Crippen molar-refractivity contribution in [3.05, 3.63) is 53.2 Å². The lowest BCUT2D eigenvalue weighted by Crippen LogP contribution is -2.00. The van der Waals surface area contributed by atoms with E-state index < -0.39 is 0 Å². The summed E-state index contributed by atoms with van der Waals surface area (Å²) in [4.78, 5) is 17.0. The van der Waals surface area contributed by atoms with Crippen molar-refractivity contribution in [2.45, 2.75) is 0 Å². The number of pyridine rings is 1. The summed E-state index contributed by atoms with van der Waals surface area (Å²) < 4.78 is 3.70. The highest BCUT2D eigenvalue weighted by Crippen LogP contribution is 2.19. The fraction of sp³-hybridized carbons (Fsp3) is 0. The van der Waals surface area contributed by atoms with Crippen molar-refractivity contribution < 1.29 is 4.79 Å². The fourth-order valence-electron chi connectivity index (χ4n) is 1.69. The van der Waals surface area contributed by atoms with Gasteiger partial charge >= 0.3 is 0 Å². The van der Waals surface area contributed by atoms with Crippen molar-refractivity contribution in [1.82, 2.24) is 14.6 Å². The maximum atomic E-state index is 12.2. The van der Waals surface area contributed by atoms with Gasteiger partial charge in [0, 0.05) is 17.1 Å². The Labute approximate surface area is 101 Å². The summed E-state index contributed by atoms with van der Waals surface area (Å²) in [5.41, 5.74) is 1.31. The molecule has 0 aliphatic carbocycles. The third-order valence-corrected chi connectivity index (χ3v) is 3.13. The molecule has 82 valence electrons. The topological polar surface area (TPSA) is 55.7 Å². The van der Waals surface area contributed by atoms with Gasteiger partial charge in [-0.05, 0) is 23.7 Å². The number of hydrogen-bond donors (Lipinski definition) is 0. The maximum absolute atomic E-state index is 12.2. The van der Waals surface area contributed by atoms with Gasteiger partial charge in [-0.15, -0.1) is 5.10 Å². The van der Waals surface area contributed by atoms with Gasteiger partial charge < -0.3 is 0 Å². The van der Waals surface area contributed by atoms with Crippen LogP contribution >= 0.6 is 11.5 Å². The highest BCUT2D eigenvalue weighted by molar-refractivity contribution is 7.08. The quantitative estimate of drug-likeness (QED) is 0.646. The smallest absolute Gasteiger partial charge is 0.208 e. The van der Waals surface area contributed by atoms with Gasteiger partial charge in [0.05, 0.1) is 11.7 Å². The molecule has 0 radical (unpaired) electrons. The van der Waals surface area contributed by atoms with E-state index >= 15 is 0 Å². The van der Waals surface area contributed by atoms with Gasteiger partial charge in [0.15, 0.2) is 0 Å². The van der Waals surface area contributed by atoms with Crippen molar-refractivity contribution in [3.8, 4) is 0 Å². The van der Waals surface area contributed by atoms with E-state index in [4.69, 9.17) is 0 Å². The minimum absolute atomic E-state index is 0.0794. The van der Waals surface area contributed by atoms with E-state index in [2.05, 4.69) is 14.6 Å². The SMILES string of the molecule is O=C(c1cnns1)c1cccc2cccnc12. The van der Waals surface area contributed by atoms with Crippen molar-refractivity contribution in [3.63, 3.8) is 0 Å². The molecule has 2 heterocycles. The zero-order valence-electron chi connectivity index (χ0n) is 8.70. The molecule has 0 saturated carbocycles. The molecule has 0 bridgehead atoms. The second-order valence-corrected chi connectivity index (χ2v) is 4.28. The molecule has 17 heavy (non-hydrogen) atoms. The molecule has 2 aromatic heterocycles. The van der Waals surface area contributed by atoms with Crippen molar-refractivity contribution >= 4 is 28.2 Å². The van der Waals surface area contributed by atoms with Gasteiger partial charge in [0.1, 0.15) is 4.88 Å². The summed E-state index contributed by atoms with van der Waals surface area (Å²) >= 11 is 1.10. The Morgan fingerprint density at radius 2 is 2.06 bits per heavy atom. The number of carbonyl (C=O) groups excluding carboxylic acids is 1. The fourth-order valence-corrected chi connectivity index (χ4v) is 2.16. The first-order valence-electron chi connectivity index (χ1n) is 5.02. The van der Waals surface area contributed by atoms with Gasteiger partial charge in [-0.3, -0.25) is 9.78 Å². The van der Waals surface area contributed by atoms with E-state index in [0.717, 1.165) is 16.9 Å². The summed E-state index contributed by atoms with van der Waals surface area (Å²) in [7, 11) is 0. The summed E-state index contributed by atoms with van der Waals surface area (Å²) in [6.07, 6.45) is 3.17. The second-order valence-electron chi connectivity index (χ2n) is 3.49. The molecule has 0 saturated heterocycles. The summed E-state index contributed by atoms with van der Waals surface area (Å²) in [5, 5.41) is 4.63. The molecular weight excluding hydrogens is 234 g/mol. The van der Waals surface area contributed by atoms with Crippen LogP contribution in [0.15, 0.2) is 42.7 Å². The molecule has 0 amide bonds. The van der Waals surface area contributed by atoms with Crippen LogP contribution in [0.5, 0.6) is 0 Å². The highest BCUT2D eigenvalue weighted by atomic mass is 32.1. The van der Waals surface area contributed by atoms with Crippen LogP contribution in [0.1, 0.15) is 15.2 Å². The Bertz CT molecular complexity index is 674. The third-order valence-electron chi connectivity index (χ3n) is 2.46. The molecule has 0 atom stereocenters. The number of ketones is 1. The zero-order chi connectivity index (χ0) is 11.7. The minimum Gasteiger partial charge on any atom is -0.287 e. The van der Waals surface area contributed by atoms with E-state index in [1.165, 1.54) is 6.20 Å². The van der Waals surface area contributed by atoms with Crippen LogP contribution in [0, 0.1) is 0 Å². The van der Waals surface area contributed by atoms with Crippen LogP contribution in [-0.4, -0.2) is 20.4 Å². The van der Waals surface area contributed by atoms with E-state index in [0.29, 0.717) is 16.0 Å².